The van der Waals surface area contributed by atoms with Crippen LogP contribution in [0.15, 0.2) is 30.3 Å². The maximum Gasteiger partial charge on any atom is 0.254 e. The summed E-state index contributed by atoms with van der Waals surface area (Å²) < 4.78 is 6.17. The fourth-order valence-corrected chi connectivity index (χ4v) is 4.81. The zero-order valence-corrected chi connectivity index (χ0v) is 17.1. The average molecular weight is 406 g/mol. The predicted molar refractivity (Wildman–Crippen MR) is 113 cm³/mol. The number of hydrogen-bond donors (Lipinski definition) is 2. The Morgan fingerprint density at radius 2 is 1.97 bits per heavy atom. The topological polar surface area (TPSA) is 91.3 Å². The molecule has 1 aliphatic carbocycles. The van der Waals surface area contributed by atoms with Gasteiger partial charge in [-0.25, -0.2) is 4.98 Å². The lowest BCUT2D eigenvalue weighted by molar-refractivity contribution is -0.117. The number of aromatic nitrogens is 3. The number of fused-ring (bicyclic) bond motifs is 1. The third-order valence-electron chi connectivity index (χ3n) is 6.40. The Morgan fingerprint density at radius 3 is 2.73 bits per heavy atom. The summed E-state index contributed by atoms with van der Waals surface area (Å²) in [7, 11) is 0. The maximum atomic E-state index is 13.7. The number of carbonyl (C=O) groups excluding carboxylic acids is 1. The second kappa shape index (κ2) is 7.40. The van der Waals surface area contributed by atoms with E-state index in [2.05, 4.69) is 15.2 Å². The number of aromatic hydroxyl groups is 1. The standard InChI is InChI=1S/C23H26N4O3/c1-15-20-18(22(29)27-11-12-30-23(14-27)9-3-2-4-10-23)13-19(24-21(20)26-25-15)16-5-7-17(28)8-6-16/h5-8,13,28H,2-4,9-12,14H2,1H3,(H,24,25,26). The largest absolute Gasteiger partial charge is 0.508 e. The van der Waals surface area contributed by atoms with E-state index >= 15 is 0 Å². The number of morpholine rings is 1. The Hall–Kier alpha value is -2.93. The molecule has 1 amide bonds. The van der Waals surface area contributed by atoms with Crippen LogP contribution in [0.5, 0.6) is 5.75 Å². The second-order valence-corrected chi connectivity index (χ2v) is 8.47. The van der Waals surface area contributed by atoms with Crippen molar-refractivity contribution >= 4 is 16.9 Å². The number of ether oxygens (including phenoxy) is 1. The lowest BCUT2D eigenvalue weighted by Gasteiger charge is -2.45. The first-order chi connectivity index (χ1) is 14.5. The predicted octanol–water partition coefficient (Wildman–Crippen LogP) is 3.81. The first kappa shape index (κ1) is 19.1. The highest BCUT2D eigenvalue weighted by atomic mass is 16.5. The first-order valence-electron chi connectivity index (χ1n) is 10.6. The Bertz CT molecular complexity index is 1080. The quantitative estimate of drug-likeness (QED) is 0.675. The van der Waals surface area contributed by atoms with Crippen molar-refractivity contribution in [2.24, 2.45) is 0 Å². The van der Waals surface area contributed by atoms with Crippen molar-refractivity contribution in [2.45, 2.75) is 44.6 Å². The number of phenolic OH excluding ortho intramolecular Hbond substituents is 1. The van der Waals surface area contributed by atoms with Crippen LogP contribution in [0, 0.1) is 6.92 Å². The van der Waals surface area contributed by atoms with Crippen LogP contribution in [0.2, 0.25) is 0 Å². The normalized spacial score (nSPS) is 18.8. The Kier molecular flexibility index (Phi) is 4.70. The highest BCUT2D eigenvalue weighted by Gasteiger charge is 2.39. The molecule has 3 aromatic rings. The summed E-state index contributed by atoms with van der Waals surface area (Å²) in [5, 5.41) is 17.7. The molecule has 2 N–H and O–H groups in total. The van der Waals surface area contributed by atoms with Crippen molar-refractivity contribution in [1.82, 2.24) is 20.1 Å². The van der Waals surface area contributed by atoms with Crippen molar-refractivity contribution in [1.29, 1.82) is 0 Å². The molecule has 1 spiro atoms. The smallest absolute Gasteiger partial charge is 0.254 e. The number of carbonyl (C=O) groups is 1. The van der Waals surface area contributed by atoms with Crippen LogP contribution in [0.1, 0.15) is 48.2 Å². The summed E-state index contributed by atoms with van der Waals surface area (Å²) in [6, 6.07) is 8.68. The molecule has 1 saturated carbocycles. The van der Waals surface area contributed by atoms with Crippen LogP contribution in [0.3, 0.4) is 0 Å². The van der Waals surface area contributed by atoms with Gasteiger partial charge in [0.15, 0.2) is 5.65 Å². The van der Waals surface area contributed by atoms with Crippen molar-refractivity contribution < 1.29 is 14.6 Å². The molecular formula is C23H26N4O3. The molecular weight excluding hydrogens is 380 g/mol. The van der Waals surface area contributed by atoms with E-state index in [-0.39, 0.29) is 17.3 Å². The third kappa shape index (κ3) is 3.33. The van der Waals surface area contributed by atoms with E-state index in [1.165, 1.54) is 6.42 Å². The van der Waals surface area contributed by atoms with Gasteiger partial charge >= 0.3 is 0 Å². The first-order valence-corrected chi connectivity index (χ1v) is 10.6. The number of aryl methyl sites for hydroxylation is 1. The minimum Gasteiger partial charge on any atom is -0.508 e. The molecule has 1 aliphatic heterocycles. The van der Waals surface area contributed by atoms with Gasteiger partial charge in [-0.3, -0.25) is 9.89 Å². The van der Waals surface area contributed by atoms with Crippen molar-refractivity contribution in [3.05, 3.63) is 41.6 Å². The number of benzene rings is 1. The number of H-pyrrole nitrogens is 1. The fourth-order valence-electron chi connectivity index (χ4n) is 4.81. The van der Waals surface area contributed by atoms with Gasteiger partial charge in [0.25, 0.3) is 5.91 Å². The number of phenols is 1. The number of aromatic amines is 1. The van der Waals surface area contributed by atoms with E-state index < -0.39 is 0 Å². The number of hydrogen-bond acceptors (Lipinski definition) is 5. The van der Waals surface area contributed by atoms with Gasteiger partial charge in [0, 0.05) is 17.8 Å². The highest BCUT2D eigenvalue weighted by molar-refractivity contribution is 6.07. The average Bonchev–Trinajstić information content (AvgIpc) is 3.14. The Labute approximate surface area is 175 Å². The van der Waals surface area contributed by atoms with Crippen LogP contribution < -0.4 is 0 Å². The van der Waals surface area contributed by atoms with Gasteiger partial charge < -0.3 is 14.7 Å². The zero-order chi connectivity index (χ0) is 20.7. The molecule has 2 aromatic heterocycles. The maximum absolute atomic E-state index is 13.7. The summed E-state index contributed by atoms with van der Waals surface area (Å²) in [5.41, 5.74) is 3.28. The molecule has 5 rings (SSSR count). The second-order valence-electron chi connectivity index (χ2n) is 8.47. The SMILES string of the molecule is Cc1[nH]nc2nc(-c3ccc(O)cc3)cc(C(=O)N3CCOC4(CCCCC4)C3)c12. The van der Waals surface area contributed by atoms with Crippen LogP contribution in [-0.2, 0) is 4.74 Å². The van der Waals surface area contributed by atoms with Gasteiger partial charge in [0.05, 0.1) is 35.4 Å². The molecule has 156 valence electrons. The van der Waals surface area contributed by atoms with Gasteiger partial charge in [-0.05, 0) is 50.1 Å². The Balaban J connectivity index is 1.54. The lowest BCUT2D eigenvalue weighted by Crippen LogP contribution is -2.54. The number of nitrogens with one attached hydrogen (secondary N) is 1. The zero-order valence-electron chi connectivity index (χ0n) is 17.1. The molecule has 2 aliphatic rings. The summed E-state index contributed by atoms with van der Waals surface area (Å²) >= 11 is 0. The molecule has 3 heterocycles. The summed E-state index contributed by atoms with van der Waals surface area (Å²) in [6.45, 7) is 3.72. The van der Waals surface area contributed by atoms with E-state index in [1.54, 1.807) is 24.3 Å². The van der Waals surface area contributed by atoms with Gasteiger partial charge in [0.1, 0.15) is 5.75 Å². The molecule has 30 heavy (non-hydrogen) atoms. The lowest BCUT2D eigenvalue weighted by atomic mass is 9.83. The van der Waals surface area contributed by atoms with E-state index in [1.807, 2.05) is 17.9 Å². The molecule has 0 bridgehead atoms. The van der Waals surface area contributed by atoms with Gasteiger partial charge in [-0.1, -0.05) is 19.3 Å². The van der Waals surface area contributed by atoms with Crippen LogP contribution in [0.25, 0.3) is 22.3 Å². The van der Waals surface area contributed by atoms with Gasteiger partial charge in [-0.15, -0.1) is 0 Å². The number of pyridine rings is 1. The number of amides is 1. The van der Waals surface area contributed by atoms with Crippen molar-refractivity contribution in [3.63, 3.8) is 0 Å². The van der Waals surface area contributed by atoms with E-state index in [0.717, 1.165) is 42.3 Å². The molecule has 0 unspecified atom stereocenters. The molecule has 7 heteroatoms. The molecule has 1 saturated heterocycles. The molecule has 1 aromatic carbocycles. The van der Waals surface area contributed by atoms with Gasteiger partial charge in [-0.2, -0.15) is 5.10 Å². The minimum absolute atomic E-state index is 0.000164. The monoisotopic (exact) mass is 406 g/mol. The van der Waals surface area contributed by atoms with Gasteiger partial charge in [0.2, 0.25) is 0 Å². The minimum atomic E-state index is -0.191. The van der Waals surface area contributed by atoms with E-state index in [9.17, 15) is 9.90 Å². The van der Waals surface area contributed by atoms with Crippen molar-refractivity contribution in [2.75, 3.05) is 19.7 Å². The third-order valence-corrected chi connectivity index (χ3v) is 6.40. The Morgan fingerprint density at radius 1 is 1.20 bits per heavy atom. The highest BCUT2D eigenvalue weighted by Crippen LogP contribution is 2.35. The summed E-state index contributed by atoms with van der Waals surface area (Å²) in [4.78, 5) is 20.3. The van der Waals surface area contributed by atoms with Crippen molar-refractivity contribution in [3.8, 4) is 17.0 Å². The van der Waals surface area contributed by atoms with Crippen LogP contribution in [0.4, 0.5) is 0 Å². The molecule has 0 radical (unpaired) electrons. The summed E-state index contributed by atoms with van der Waals surface area (Å²) in [6.07, 6.45) is 5.60. The molecule has 0 atom stereocenters. The molecule has 7 nitrogen and oxygen atoms in total. The van der Waals surface area contributed by atoms with E-state index in [0.29, 0.717) is 36.6 Å². The number of rotatable bonds is 2. The van der Waals surface area contributed by atoms with Crippen LogP contribution in [-0.4, -0.2) is 56.4 Å². The summed E-state index contributed by atoms with van der Waals surface area (Å²) in [5.74, 6) is 0.193. The van der Waals surface area contributed by atoms with E-state index in [4.69, 9.17) is 4.74 Å². The van der Waals surface area contributed by atoms with Crippen LogP contribution >= 0.6 is 0 Å². The fraction of sp³-hybridized carbons (Fsp3) is 0.435. The molecule has 2 fully saturated rings. The number of nitrogens with zero attached hydrogens (tertiary/aromatic N) is 3.